The van der Waals surface area contributed by atoms with Crippen LogP contribution in [0.4, 0.5) is 0 Å². The quantitative estimate of drug-likeness (QED) is 0.794. The Morgan fingerprint density at radius 3 is 3.09 bits per heavy atom. The number of nitrogens with one attached hydrogen (secondary N) is 3. The summed E-state index contributed by atoms with van der Waals surface area (Å²) in [5, 5.41) is 7.88. The van der Waals surface area contributed by atoms with Gasteiger partial charge in [0.25, 0.3) is 0 Å². The number of fused-ring (bicyclic) bond motifs is 1. The molecule has 1 unspecified atom stereocenters. The van der Waals surface area contributed by atoms with Crippen LogP contribution >= 0.6 is 24.0 Å². The second kappa shape index (κ2) is 7.83. The van der Waals surface area contributed by atoms with E-state index in [0.717, 1.165) is 29.4 Å². The Morgan fingerprint density at radius 2 is 2.32 bits per heavy atom. The van der Waals surface area contributed by atoms with Crippen molar-refractivity contribution in [3.05, 3.63) is 35.0 Å². The highest BCUT2D eigenvalue weighted by atomic mass is 35.5. The Bertz CT molecular complexity index is 639. The summed E-state index contributed by atoms with van der Waals surface area (Å²) in [6.07, 6.45) is 2.34. The fraction of sp³-hybridized carbons (Fsp3) is 0.400. The Hall–Kier alpha value is -1.27. The molecule has 2 heterocycles. The molecule has 1 amide bonds. The number of rotatable bonds is 4. The molecule has 1 aliphatic heterocycles. The first-order valence-electron chi connectivity index (χ1n) is 7.09. The Kier molecular flexibility index (Phi) is 6.08. The van der Waals surface area contributed by atoms with Gasteiger partial charge in [0.15, 0.2) is 0 Å². The van der Waals surface area contributed by atoms with Crippen molar-refractivity contribution in [3.8, 4) is 0 Å². The summed E-state index contributed by atoms with van der Waals surface area (Å²) in [5.41, 5.74) is 2.20. The number of aromatic amines is 1. The summed E-state index contributed by atoms with van der Waals surface area (Å²) in [5.74, 6) is -0.0555. The normalized spacial score (nSPS) is 18.0. The molecule has 22 heavy (non-hydrogen) atoms. The largest absolute Gasteiger partial charge is 0.366 e. The van der Waals surface area contributed by atoms with E-state index >= 15 is 0 Å². The van der Waals surface area contributed by atoms with Crippen LogP contribution < -0.4 is 10.6 Å². The molecular weight excluding hydrogens is 325 g/mol. The lowest BCUT2D eigenvalue weighted by atomic mass is 10.1. The number of H-pyrrole nitrogens is 1. The van der Waals surface area contributed by atoms with Crippen molar-refractivity contribution in [2.24, 2.45) is 0 Å². The van der Waals surface area contributed by atoms with Crippen molar-refractivity contribution in [3.63, 3.8) is 0 Å². The Morgan fingerprint density at radius 1 is 1.45 bits per heavy atom. The van der Waals surface area contributed by atoms with Crippen LogP contribution in [-0.4, -0.2) is 43.2 Å². The monoisotopic (exact) mass is 343 g/mol. The summed E-state index contributed by atoms with van der Waals surface area (Å²) < 4.78 is 5.42. The first-order valence-corrected chi connectivity index (χ1v) is 7.47. The third-order valence-corrected chi connectivity index (χ3v) is 3.88. The van der Waals surface area contributed by atoms with Crippen molar-refractivity contribution >= 4 is 40.8 Å². The summed E-state index contributed by atoms with van der Waals surface area (Å²) in [6.45, 7) is 2.55. The lowest BCUT2D eigenvalue weighted by molar-refractivity contribution is -0.134. The van der Waals surface area contributed by atoms with Gasteiger partial charge in [-0.2, -0.15) is 0 Å². The van der Waals surface area contributed by atoms with E-state index in [4.69, 9.17) is 16.3 Å². The number of ether oxygens (including phenoxy) is 1. The smallest absolute Gasteiger partial charge is 0.250 e. The number of benzene rings is 1. The van der Waals surface area contributed by atoms with E-state index in [1.165, 1.54) is 0 Å². The van der Waals surface area contributed by atoms with Crippen LogP contribution in [0.2, 0.25) is 5.02 Å². The van der Waals surface area contributed by atoms with Gasteiger partial charge >= 0.3 is 0 Å². The Labute approximate surface area is 140 Å². The van der Waals surface area contributed by atoms with Crippen LogP contribution in [0, 0.1) is 0 Å². The van der Waals surface area contributed by atoms with Crippen LogP contribution in [0.25, 0.3) is 10.9 Å². The highest BCUT2D eigenvalue weighted by Gasteiger charge is 2.21. The average Bonchev–Trinajstić information content (AvgIpc) is 2.90. The molecule has 0 saturated carbocycles. The number of hydrogen-bond acceptors (Lipinski definition) is 3. The van der Waals surface area contributed by atoms with E-state index in [-0.39, 0.29) is 24.4 Å². The van der Waals surface area contributed by atoms with Gasteiger partial charge in [-0.05, 0) is 30.2 Å². The minimum absolute atomic E-state index is 0. The molecular formula is C15H19Cl2N3O2. The van der Waals surface area contributed by atoms with Crippen molar-refractivity contribution in [2.45, 2.75) is 12.5 Å². The van der Waals surface area contributed by atoms with E-state index in [1.54, 1.807) is 0 Å². The number of carbonyl (C=O) groups excluding carboxylic acids is 1. The second-order valence-electron chi connectivity index (χ2n) is 5.11. The third kappa shape index (κ3) is 3.93. The predicted octanol–water partition coefficient (Wildman–Crippen LogP) is 1.89. The van der Waals surface area contributed by atoms with E-state index in [2.05, 4.69) is 15.6 Å². The van der Waals surface area contributed by atoms with Gasteiger partial charge in [0.1, 0.15) is 6.10 Å². The first-order chi connectivity index (χ1) is 10.2. The topological polar surface area (TPSA) is 66.2 Å². The zero-order valence-corrected chi connectivity index (χ0v) is 13.6. The molecule has 120 valence electrons. The van der Waals surface area contributed by atoms with Crippen molar-refractivity contribution in [1.82, 2.24) is 15.6 Å². The van der Waals surface area contributed by atoms with Gasteiger partial charge in [0, 0.05) is 41.8 Å². The van der Waals surface area contributed by atoms with Gasteiger partial charge in [-0.3, -0.25) is 4.79 Å². The molecule has 7 heteroatoms. The van der Waals surface area contributed by atoms with Gasteiger partial charge in [0.2, 0.25) is 5.91 Å². The first kappa shape index (κ1) is 17.1. The number of amides is 1. The van der Waals surface area contributed by atoms with Crippen LogP contribution in [0.3, 0.4) is 0 Å². The predicted molar refractivity (Wildman–Crippen MR) is 89.9 cm³/mol. The fourth-order valence-corrected chi connectivity index (χ4v) is 2.70. The zero-order valence-electron chi connectivity index (χ0n) is 12.0. The molecule has 2 aromatic rings. The molecule has 1 aromatic heterocycles. The lowest BCUT2D eigenvalue weighted by Crippen LogP contribution is -2.48. The molecule has 1 aromatic carbocycles. The highest BCUT2D eigenvalue weighted by Crippen LogP contribution is 2.22. The molecule has 1 aliphatic rings. The average molecular weight is 344 g/mol. The zero-order chi connectivity index (χ0) is 14.7. The number of halogens is 2. The number of hydrogen-bond donors (Lipinski definition) is 3. The standard InChI is InChI=1S/C15H18ClN3O2.ClH/c16-11-1-2-13-12(7-11)10(8-19-13)3-4-18-15(20)14-9-17-5-6-21-14;/h1-2,7-8,14,17,19H,3-6,9H2,(H,18,20);1H. The van der Waals surface area contributed by atoms with Gasteiger partial charge < -0.3 is 20.4 Å². The fourth-order valence-electron chi connectivity index (χ4n) is 2.53. The minimum Gasteiger partial charge on any atom is -0.366 e. The number of aromatic nitrogens is 1. The summed E-state index contributed by atoms with van der Waals surface area (Å²) in [6, 6.07) is 5.76. The molecule has 1 atom stereocenters. The molecule has 3 rings (SSSR count). The second-order valence-corrected chi connectivity index (χ2v) is 5.54. The number of morpholine rings is 1. The van der Waals surface area contributed by atoms with Gasteiger partial charge in [-0.1, -0.05) is 11.6 Å². The maximum Gasteiger partial charge on any atom is 0.250 e. The highest BCUT2D eigenvalue weighted by molar-refractivity contribution is 6.31. The maximum atomic E-state index is 11.9. The van der Waals surface area contributed by atoms with Crippen LogP contribution in [-0.2, 0) is 16.0 Å². The van der Waals surface area contributed by atoms with Gasteiger partial charge in [-0.25, -0.2) is 0 Å². The van der Waals surface area contributed by atoms with E-state index in [0.29, 0.717) is 24.7 Å². The van der Waals surface area contributed by atoms with E-state index in [9.17, 15) is 4.79 Å². The van der Waals surface area contributed by atoms with E-state index in [1.807, 2.05) is 24.4 Å². The maximum absolute atomic E-state index is 11.9. The van der Waals surface area contributed by atoms with Crippen molar-refractivity contribution in [2.75, 3.05) is 26.2 Å². The van der Waals surface area contributed by atoms with E-state index < -0.39 is 0 Å². The lowest BCUT2D eigenvalue weighted by Gasteiger charge is -2.22. The summed E-state index contributed by atoms with van der Waals surface area (Å²) in [4.78, 5) is 15.2. The van der Waals surface area contributed by atoms with Crippen LogP contribution in [0.5, 0.6) is 0 Å². The van der Waals surface area contributed by atoms with Crippen molar-refractivity contribution < 1.29 is 9.53 Å². The Balaban J connectivity index is 0.00000176. The third-order valence-electron chi connectivity index (χ3n) is 3.64. The molecule has 3 N–H and O–H groups in total. The molecule has 1 saturated heterocycles. The SMILES string of the molecule is Cl.O=C(NCCc1c[nH]c2ccc(Cl)cc12)C1CNCCO1. The van der Waals surface area contributed by atoms with Crippen LogP contribution in [0.1, 0.15) is 5.56 Å². The molecule has 0 bridgehead atoms. The summed E-state index contributed by atoms with van der Waals surface area (Å²) in [7, 11) is 0. The van der Waals surface area contributed by atoms with Gasteiger partial charge in [0.05, 0.1) is 6.61 Å². The molecule has 5 nitrogen and oxygen atoms in total. The molecule has 0 spiro atoms. The van der Waals surface area contributed by atoms with Crippen molar-refractivity contribution in [1.29, 1.82) is 0 Å². The van der Waals surface area contributed by atoms with Crippen LogP contribution in [0.15, 0.2) is 24.4 Å². The molecule has 0 radical (unpaired) electrons. The molecule has 1 fully saturated rings. The molecule has 0 aliphatic carbocycles. The van der Waals surface area contributed by atoms with Gasteiger partial charge in [-0.15, -0.1) is 12.4 Å². The minimum atomic E-state index is -0.379. The number of carbonyl (C=O) groups is 1. The summed E-state index contributed by atoms with van der Waals surface area (Å²) >= 11 is 6.03.